The predicted octanol–water partition coefficient (Wildman–Crippen LogP) is 3.18. The van der Waals surface area contributed by atoms with Gasteiger partial charge in [-0.05, 0) is 36.4 Å². The molecule has 2 saturated heterocycles. The summed E-state index contributed by atoms with van der Waals surface area (Å²) in [5.41, 5.74) is 1.04. The van der Waals surface area contributed by atoms with Crippen LogP contribution in [0.15, 0.2) is 35.2 Å². The van der Waals surface area contributed by atoms with Crippen LogP contribution in [0.2, 0.25) is 0 Å². The summed E-state index contributed by atoms with van der Waals surface area (Å²) in [6.45, 7) is 2.91. The first-order valence-electron chi connectivity index (χ1n) is 8.10. The molecule has 4 nitrogen and oxygen atoms in total. The van der Waals surface area contributed by atoms with Crippen molar-refractivity contribution in [2.45, 2.75) is 29.9 Å². The van der Waals surface area contributed by atoms with Crippen molar-refractivity contribution in [3.63, 3.8) is 0 Å². The number of likely N-dealkylation sites (tertiary alicyclic amines) is 1. The van der Waals surface area contributed by atoms with Crippen LogP contribution in [0.4, 0.5) is 0 Å². The molecule has 1 spiro atoms. The summed E-state index contributed by atoms with van der Waals surface area (Å²) in [7, 11) is 0. The van der Waals surface area contributed by atoms with Crippen LogP contribution in [-0.4, -0.2) is 49.2 Å². The molecule has 3 rings (SSSR count). The van der Waals surface area contributed by atoms with Crippen LogP contribution in [0, 0.1) is 0 Å². The van der Waals surface area contributed by atoms with E-state index in [9.17, 15) is 4.79 Å². The highest BCUT2D eigenvalue weighted by atomic mass is 32.2. The molecule has 0 radical (unpaired) electrons. The number of hydrogen-bond acceptors (Lipinski definition) is 4. The van der Waals surface area contributed by atoms with Gasteiger partial charge >= 0.3 is 0 Å². The number of hydrogen-bond donors (Lipinski definition) is 0. The van der Waals surface area contributed by atoms with Gasteiger partial charge in [-0.3, -0.25) is 4.79 Å². The minimum Gasteiger partial charge on any atom is -0.350 e. The van der Waals surface area contributed by atoms with E-state index in [0.29, 0.717) is 13.1 Å². The molecule has 2 heterocycles. The lowest BCUT2D eigenvalue weighted by atomic mass is 10.0. The predicted molar refractivity (Wildman–Crippen MR) is 92.3 cm³/mol. The van der Waals surface area contributed by atoms with E-state index in [-0.39, 0.29) is 5.91 Å². The Kier molecular flexibility index (Phi) is 5.41. The maximum absolute atomic E-state index is 12.3. The average molecular weight is 333 g/mol. The summed E-state index contributed by atoms with van der Waals surface area (Å²) < 4.78 is 11.6. The number of nitrogens with zero attached hydrogens (tertiary/aromatic N) is 1. The van der Waals surface area contributed by atoms with E-state index in [0.717, 1.165) is 38.0 Å². The summed E-state index contributed by atoms with van der Waals surface area (Å²) in [6, 6.07) is 8.20. The number of amides is 1. The zero-order valence-corrected chi connectivity index (χ0v) is 14.3. The molecule has 2 aliphatic heterocycles. The van der Waals surface area contributed by atoms with Crippen molar-refractivity contribution in [1.82, 2.24) is 4.90 Å². The lowest BCUT2D eigenvalue weighted by molar-refractivity contribution is -0.282. The molecule has 23 heavy (non-hydrogen) atoms. The summed E-state index contributed by atoms with van der Waals surface area (Å²) in [5, 5.41) is 0. The van der Waals surface area contributed by atoms with Crippen molar-refractivity contribution < 1.29 is 14.3 Å². The second kappa shape index (κ2) is 7.51. The van der Waals surface area contributed by atoms with E-state index in [4.69, 9.17) is 9.47 Å². The van der Waals surface area contributed by atoms with Crippen molar-refractivity contribution in [1.29, 1.82) is 0 Å². The van der Waals surface area contributed by atoms with E-state index >= 15 is 0 Å². The number of ether oxygens (including phenoxy) is 2. The molecule has 0 aromatic heterocycles. The van der Waals surface area contributed by atoms with Gasteiger partial charge in [-0.25, -0.2) is 0 Å². The molecular formula is C18H23NO3S. The van der Waals surface area contributed by atoms with Gasteiger partial charge in [-0.15, -0.1) is 11.8 Å². The Morgan fingerprint density at radius 2 is 1.83 bits per heavy atom. The second-order valence-corrected chi connectivity index (χ2v) is 6.77. The second-order valence-electron chi connectivity index (χ2n) is 5.89. The lowest BCUT2D eigenvalue weighted by Crippen LogP contribution is -2.51. The number of piperidine rings is 1. The number of carbonyl (C=O) groups is 1. The van der Waals surface area contributed by atoms with Crippen LogP contribution >= 0.6 is 11.8 Å². The smallest absolute Gasteiger partial charge is 0.246 e. The molecule has 1 amide bonds. The standard InChI is InChI=1S/C18H23NO3S/c1-23-16-6-3-15(4-7-16)5-8-17(20)19-11-9-18(10-12-19)21-13-2-14-22-18/h3-8H,2,9-14H2,1H3/b8-5+. The van der Waals surface area contributed by atoms with Gasteiger partial charge in [0.2, 0.25) is 5.91 Å². The first-order valence-corrected chi connectivity index (χ1v) is 9.32. The van der Waals surface area contributed by atoms with E-state index in [1.165, 1.54) is 4.90 Å². The van der Waals surface area contributed by atoms with Crippen molar-refractivity contribution in [3.8, 4) is 0 Å². The largest absolute Gasteiger partial charge is 0.350 e. The zero-order chi connectivity index (χ0) is 16.1. The fourth-order valence-corrected chi connectivity index (χ4v) is 3.37. The van der Waals surface area contributed by atoms with Gasteiger partial charge in [-0.2, -0.15) is 0 Å². The van der Waals surface area contributed by atoms with Crippen LogP contribution < -0.4 is 0 Å². The molecule has 1 aromatic carbocycles. The van der Waals surface area contributed by atoms with Crippen LogP contribution in [0.3, 0.4) is 0 Å². The minimum atomic E-state index is -0.438. The molecular weight excluding hydrogens is 310 g/mol. The summed E-state index contributed by atoms with van der Waals surface area (Å²) in [6.07, 6.45) is 8.07. The Hall–Kier alpha value is -1.30. The van der Waals surface area contributed by atoms with Gasteiger partial charge in [0, 0.05) is 36.9 Å². The number of thioether (sulfide) groups is 1. The van der Waals surface area contributed by atoms with E-state index in [1.54, 1.807) is 17.8 Å². The number of carbonyl (C=O) groups excluding carboxylic acids is 1. The Morgan fingerprint density at radius 3 is 2.43 bits per heavy atom. The molecule has 0 unspecified atom stereocenters. The SMILES string of the molecule is CSc1ccc(/C=C/C(=O)N2CCC3(CC2)OCCCO3)cc1. The molecule has 0 saturated carbocycles. The molecule has 124 valence electrons. The van der Waals surface area contributed by atoms with Gasteiger partial charge in [0.25, 0.3) is 0 Å². The van der Waals surface area contributed by atoms with Gasteiger partial charge in [0.1, 0.15) is 0 Å². The van der Waals surface area contributed by atoms with Gasteiger partial charge in [0.15, 0.2) is 5.79 Å². The van der Waals surface area contributed by atoms with E-state index in [2.05, 4.69) is 18.4 Å². The highest BCUT2D eigenvalue weighted by Crippen LogP contribution is 2.30. The highest BCUT2D eigenvalue weighted by Gasteiger charge is 2.38. The highest BCUT2D eigenvalue weighted by molar-refractivity contribution is 7.98. The van der Waals surface area contributed by atoms with Crippen LogP contribution in [0.1, 0.15) is 24.8 Å². The molecule has 1 aromatic rings. The average Bonchev–Trinajstić information content (AvgIpc) is 2.61. The maximum Gasteiger partial charge on any atom is 0.246 e. The topological polar surface area (TPSA) is 38.8 Å². The Morgan fingerprint density at radius 1 is 1.17 bits per heavy atom. The maximum atomic E-state index is 12.3. The third kappa shape index (κ3) is 4.16. The number of rotatable bonds is 3. The summed E-state index contributed by atoms with van der Waals surface area (Å²) >= 11 is 1.71. The monoisotopic (exact) mass is 333 g/mol. The fourth-order valence-electron chi connectivity index (χ4n) is 2.96. The first-order chi connectivity index (χ1) is 11.2. The van der Waals surface area contributed by atoms with Crippen molar-refractivity contribution in [2.75, 3.05) is 32.6 Å². The third-order valence-electron chi connectivity index (χ3n) is 4.39. The zero-order valence-electron chi connectivity index (χ0n) is 13.5. The number of benzene rings is 1. The minimum absolute atomic E-state index is 0.0598. The van der Waals surface area contributed by atoms with Crippen LogP contribution in [-0.2, 0) is 14.3 Å². The Balaban J connectivity index is 1.53. The van der Waals surface area contributed by atoms with E-state index in [1.807, 2.05) is 23.1 Å². The van der Waals surface area contributed by atoms with Crippen molar-refractivity contribution in [2.24, 2.45) is 0 Å². The Labute approximate surface area is 141 Å². The third-order valence-corrected chi connectivity index (χ3v) is 5.13. The summed E-state index contributed by atoms with van der Waals surface area (Å²) in [5.74, 6) is -0.378. The molecule has 0 atom stereocenters. The molecule has 2 fully saturated rings. The Bertz CT molecular complexity index is 554. The van der Waals surface area contributed by atoms with Crippen LogP contribution in [0.25, 0.3) is 6.08 Å². The van der Waals surface area contributed by atoms with Crippen molar-refractivity contribution >= 4 is 23.7 Å². The quantitative estimate of drug-likeness (QED) is 0.629. The lowest BCUT2D eigenvalue weighted by Gasteiger charge is -2.43. The van der Waals surface area contributed by atoms with Gasteiger partial charge in [0.05, 0.1) is 13.2 Å². The van der Waals surface area contributed by atoms with Gasteiger partial charge < -0.3 is 14.4 Å². The molecule has 0 aliphatic carbocycles. The van der Waals surface area contributed by atoms with Crippen molar-refractivity contribution in [3.05, 3.63) is 35.9 Å². The fraction of sp³-hybridized carbons (Fsp3) is 0.500. The summed E-state index contributed by atoms with van der Waals surface area (Å²) in [4.78, 5) is 15.4. The molecule has 0 N–H and O–H groups in total. The first kappa shape index (κ1) is 16.6. The molecule has 5 heteroatoms. The van der Waals surface area contributed by atoms with Gasteiger partial charge in [-0.1, -0.05) is 12.1 Å². The van der Waals surface area contributed by atoms with Crippen LogP contribution in [0.5, 0.6) is 0 Å². The van der Waals surface area contributed by atoms with E-state index < -0.39 is 5.79 Å². The molecule has 0 bridgehead atoms. The molecule has 2 aliphatic rings. The normalized spacial score (nSPS) is 21.0.